The highest BCUT2D eigenvalue weighted by Crippen LogP contribution is 2.40. The number of para-hydroxylation sites is 1. The van der Waals surface area contributed by atoms with Gasteiger partial charge in [-0.15, -0.1) is 0 Å². The van der Waals surface area contributed by atoms with Crippen LogP contribution in [0.15, 0.2) is 60.7 Å². The molecule has 0 bridgehead atoms. The van der Waals surface area contributed by atoms with Gasteiger partial charge in [0.25, 0.3) is 0 Å². The summed E-state index contributed by atoms with van der Waals surface area (Å²) in [7, 11) is 0. The number of thiocarbonyl (C=S) groups is 1. The van der Waals surface area contributed by atoms with Crippen LogP contribution >= 0.6 is 12.2 Å². The molecule has 3 fully saturated rings. The zero-order valence-corrected chi connectivity index (χ0v) is 26.3. The highest BCUT2D eigenvalue weighted by molar-refractivity contribution is 7.80. The van der Waals surface area contributed by atoms with Gasteiger partial charge in [0.05, 0.1) is 0 Å². The largest absolute Gasteiger partial charge is 0.368 e. The fraction of sp³-hybridized carbons (Fsp3) is 0.500. The second-order valence-electron chi connectivity index (χ2n) is 12.9. The van der Waals surface area contributed by atoms with E-state index in [1.165, 1.54) is 17.7 Å². The molecule has 2 atom stereocenters. The summed E-state index contributed by atoms with van der Waals surface area (Å²) in [6.45, 7) is 11.0. The van der Waals surface area contributed by atoms with Gasteiger partial charge in [-0.3, -0.25) is 0 Å². The van der Waals surface area contributed by atoms with E-state index in [-0.39, 0.29) is 11.2 Å². The van der Waals surface area contributed by atoms with Gasteiger partial charge >= 0.3 is 0 Å². The highest BCUT2D eigenvalue weighted by Gasteiger charge is 2.36. The molecule has 1 aromatic heterocycles. The number of benzene rings is 2. The molecule has 2 saturated heterocycles. The van der Waals surface area contributed by atoms with Crippen LogP contribution in [0.2, 0.25) is 0 Å². The van der Waals surface area contributed by atoms with Crippen LogP contribution in [0.4, 0.5) is 27.7 Å². The predicted octanol–water partition coefficient (Wildman–Crippen LogP) is 6.22. The van der Waals surface area contributed by atoms with E-state index < -0.39 is 0 Å². The minimum Gasteiger partial charge on any atom is -0.368 e. The van der Waals surface area contributed by atoms with Gasteiger partial charge in [-0.25, -0.2) is 4.39 Å². The van der Waals surface area contributed by atoms with Gasteiger partial charge in [-0.2, -0.15) is 9.97 Å². The van der Waals surface area contributed by atoms with Crippen molar-refractivity contribution in [2.24, 2.45) is 11.8 Å². The molecule has 6 rings (SSSR count). The summed E-state index contributed by atoms with van der Waals surface area (Å²) in [5.74, 6) is 3.46. The lowest BCUT2D eigenvalue weighted by molar-refractivity contribution is 0.355. The third-order valence-corrected chi connectivity index (χ3v) is 9.69. The maximum Gasteiger partial charge on any atom is 0.232 e. The average Bonchev–Trinajstić information content (AvgIpc) is 3.50. The Morgan fingerprint density at radius 2 is 1.47 bits per heavy atom. The van der Waals surface area contributed by atoms with E-state index in [2.05, 4.69) is 75.6 Å². The molecule has 2 N–H and O–H groups in total. The summed E-state index contributed by atoms with van der Waals surface area (Å²) < 4.78 is 13.7. The smallest absolute Gasteiger partial charge is 0.232 e. The van der Waals surface area contributed by atoms with E-state index in [1.54, 1.807) is 12.1 Å². The number of hydrogen-bond acceptors (Lipinski definition) is 6. The molecule has 2 unspecified atom stereocenters. The van der Waals surface area contributed by atoms with Crippen molar-refractivity contribution in [2.75, 3.05) is 65.8 Å². The Labute approximate surface area is 260 Å². The van der Waals surface area contributed by atoms with E-state index in [0.29, 0.717) is 29.4 Å². The Balaban J connectivity index is 1.18. The van der Waals surface area contributed by atoms with Gasteiger partial charge in [-0.1, -0.05) is 57.0 Å². The van der Waals surface area contributed by atoms with Crippen molar-refractivity contribution in [2.45, 2.75) is 51.4 Å². The molecule has 1 saturated carbocycles. The van der Waals surface area contributed by atoms with E-state index in [9.17, 15) is 4.39 Å². The molecule has 3 aromatic rings. The summed E-state index contributed by atoms with van der Waals surface area (Å²) in [6.07, 6.45) is 5.69. The number of anilines is 4. The maximum atomic E-state index is 13.7. The Morgan fingerprint density at radius 3 is 2.12 bits per heavy atom. The monoisotopic (exact) mass is 601 g/mol. The van der Waals surface area contributed by atoms with Crippen molar-refractivity contribution >= 4 is 40.6 Å². The van der Waals surface area contributed by atoms with Crippen molar-refractivity contribution in [3.05, 3.63) is 72.0 Å². The molecule has 9 heteroatoms. The molecular formula is C34H44FN7S. The van der Waals surface area contributed by atoms with E-state index in [1.807, 2.05) is 12.1 Å². The third kappa shape index (κ3) is 7.03. The number of aromatic nitrogens is 2. The van der Waals surface area contributed by atoms with Crippen molar-refractivity contribution in [1.82, 2.24) is 15.3 Å². The molecule has 2 aliphatic heterocycles. The van der Waals surface area contributed by atoms with Crippen molar-refractivity contribution in [1.29, 1.82) is 0 Å². The Kier molecular flexibility index (Phi) is 8.98. The molecule has 0 spiro atoms. The van der Waals surface area contributed by atoms with Gasteiger partial charge in [0.15, 0.2) is 5.11 Å². The van der Waals surface area contributed by atoms with Gasteiger partial charge in [0.1, 0.15) is 17.5 Å². The van der Waals surface area contributed by atoms with Crippen LogP contribution in [-0.2, 0) is 5.41 Å². The fourth-order valence-corrected chi connectivity index (χ4v) is 7.47. The van der Waals surface area contributed by atoms with Crippen molar-refractivity contribution < 1.29 is 4.39 Å². The second kappa shape index (κ2) is 13.0. The Bertz CT molecular complexity index is 1360. The lowest BCUT2D eigenvalue weighted by Crippen LogP contribution is -2.47. The predicted molar refractivity (Wildman–Crippen MR) is 179 cm³/mol. The number of piperazine rings is 1. The lowest BCUT2D eigenvalue weighted by atomic mass is 9.79. The normalized spacial score (nSPS) is 22.0. The minimum atomic E-state index is -0.200. The number of piperidine rings is 1. The van der Waals surface area contributed by atoms with Gasteiger partial charge in [-0.05, 0) is 73.1 Å². The minimum absolute atomic E-state index is 0.0498. The molecule has 43 heavy (non-hydrogen) atoms. The van der Waals surface area contributed by atoms with E-state index >= 15 is 0 Å². The molecule has 2 aromatic carbocycles. The molecule has 7 nitrogen and oxygen atoms in total. The SMILES string of the molecule is CC1CC(C)CN(c2cc(N3CCN(c4ccccc4)CC3)nc(NC(=S)NCC3(c4ccc(F)cc4)CCCC3)n2)C1. The van der Waals surface area contributed by atoms with Gasteiger partial charge in [0, 0.05) is 63.0 Å². The molecule has 1 aliphatic carbocycles. The van der Waals surface area contributed by atoms with Gasteiger partial charge in [0.2, 0.25) is 5.95 Å². The van der Waals surface area contributed by atoms with Crippen LogP contribution in [0, 0.1) is 17.7 Å². The van der Waals surface area contributed by atoms with Crippen LogP contribution in [0.1, 0.15) is 51.5 Å². The van der Waals surface area contributed by atoms with Crippen LogP contribution in [-0.4, -0.2) is 60.9 Å². The van der Waals surface area contributed by atoms with Crippen molar-refractivity contribution in [3.63, 3.8) is 0 Å². The summed E-state index contributed by atoms with van der Waals surface area (Å²) in [4.78, 5) is 17.2. The zero-order valence-electron chi connectivity index (χ0n) is 25.4. The summed E-state index contributed by atoms with van der Waals surface area (Å²) in [5, 5.41) is 7.33. The van der Waals surface area contributed by atoms with Crippen LogP contribution in [0.5, 0.6) is 0 Å². The first-order valence-corrected chi connectivity index (χ1v) is 16.3. The Hall–Kier alpha value is -3.46. The summed E-state index contributed by atoms with van der Waals surface area (Å²) in [6, 6.07) is 19.8. The summed E-state index contributed by atoms with van der Waals surface area (Å²) >= 11 is 5.80. The molecule has 0 radical (unpaired) electrons. The molecule has 228 valence electrons. The molecule has 0 amide bonds. The number of nitrogens with one attached hydrogen (secondary N) is 2. The van der Waals surface area contributed by atoms with Crippen molar-refractivity contribution in [3.8, 4) is 0 Å². The van der Waals surface area contributed by atoms with Crippen LogP contribution in [0.25, 0.3) is 0 Å². The Morgan fingerprint density at radius 1 is 0.860 bits per heavy atom. The number of halogens is 1. The zero-order chi connectivity index (χ0) is 29.8. The molecular weight excluding hydrogens is 557 g/mol. The van der Waals surface area contributed by atoms with Gasteiger partial charge < -0.3 is 25.3 Å². The summed E-state index contributed by atoms with van der Waals surface area (Å²) in [5.41, 5.74) is 2.39. The quantitative estimate of drug-likeness (QED) is 0.310. The lowest BCUT2D eigenvalue weighted by Gasteiger charge is -2.38. The standard InChI is InChI=1S/C34H44FN7S/c1-25-20-26(2)23-42(22-25)31-21-30(41-18-16-40(17-19-41)29-8-4-3-5-9-29)37-32(38-31)39-33(43)36-24-34(14-6-7-15-34)27-10-12-28(35)13-11-27/h3-5,8-13,21,25-26H,6-7,14-20,22-24H2,1-2H3,(H2,36,37,38,39,43). The average molecular weight is 602 g/mol. The van der Waals surface area contributed by atoms with E-state index in [4.69, 9.17) is 22.2 Å². The topological polar surface area (TPSA) is 59.6 Å². The highest BCUT2D eigenvalue weighted by atomic mass is 32.1. The number of hydrogen-bond donors (Lipinski definition) is 2. The number of rotatable bonds is 7. The number of nitrogens with zero attached hydrogens (tertiary/aromatic N) is 5. The molecule has 3 aliphatic rings. The van der Waals surface area contributed by atoms with Crippen LogP contribution in [0.3, 0.4) is 0 Å². The first-order valence-electron chi connectivity index (χ1n) is 15.9. The second-order valence-corrected chi connectivity index (χ2v) is 13.3. The fourth-order valence-electron chi connectivity index (χ4n) is 7.30. The maximum absolute atomic E-state index is 13.7. The molecule has 3 heterocycles. The third-order valence-electron chi connectivity index (χ3n) is 9.45. The van der Waals surface area contributed by atoms with Crippen LogP contribution < -0.4 is 25.3 Å². The first kappa shape index (κ1) is 29.6. The van der Waals surface area contributed by atoms with E-state index in [0.717, 1.165) is 76.6 Å². The first-order chi connectivity index (χ1) is 20.9.